The Balaban J connectivity index is 0.00000196. The molecule has 15 heavy (non-hydrogen) atoms. The fourth-order valence-electron chi connectivity index (χ4n) is 1.08. The molecule has 0 spiro atoms. The van der Waals surface area contributed by atoms with Crippen molar-refractivity contribution in [3.05, 3.63) is 22.4 Å². The van der Waals surface area contributed by atoms with E-state index in [0.717, 1.165) is 10.2 Å². The molecule has 0 bridgehead atoms. The zero-order chi connectivity index (χ0) is 10.7. The summed E-state index contributed by atoms with van der Waals surface area (Å²) in [5.41, 5.74) is 6.45. The largest absolute Gasteiger partial charge is 0.352 e. The fourth-order valence-corrected chi connectivity index (χ4v) is 1.65. The quantitative estimate of drug-likeness (QED) is 0.880. The van der Waals surface area contributed by atoms with Crippen LogP contribution >= 0.6 is 28.3 Å². The molecule has 86 valence electrons. The van der Waals surface area contributed by atoms with Crippen LogP contribution in [0.15, 0.2) is 16.7 Å². The molecule has 0 aliphatic carbocycles. The molecule has 0 unspecified atom stereocenters. The van der Waals surface area contributed by atoms with Crippen LogP contribution in [0.4, 0.5) is 0 Å². The predicted octanol–water partition coefficient (Wildman–Crippen LogP) is 1.17. The Hall–Kier alpha value is -0.520. The molecule has 1 amide bonds. The van der Waals surface area contributed by atoms with Crippen molar-refractivity contribution in [3.63, 3.8) is 0 Å². The van der Waals surface area contributed by atoms with E-state index in [1.54, 1.807) is 6.92 Å². The van der Waals surface area contributed by atoms with Gasteiger partial charge in [-0.15, -0.1) is 12.4 Å². The number of carbonyl (C=O) groups excluding carboxylic acids is 1. The van der Waals surface area contributed by atoms with E-state index >= 15 is 0 Å². The van der Waals surface area contributed by atoms with Gasteiger partial charge in [0, 0.05) is 23.4 Å². The second-order valence-corrected chi connectivity index (χ2v) is 4.18. The van der Waals surface area contributed by atoms with Crippen molar-refractivity contribution in [3.8, 4) is 0 Å². The Morgan fingerprint density at radius 2 is 2.33 bits per heavy atom. The number of nitrogens with two attached hydrogens (primary N) is 1. The molecule has 1 aromatic heterocycles. The van der Waals surface area contributed by atoms with Gasteiger partial charge in [0.1, 0.15) is 0 Å². The standard InChI is InChI=1S/C9H14BrN3O.ClH/c1-6(11)9(14)12-4-8-3-7(10)5-13(8)2;/h3,5-6H,4,11H2,1-2H3,(H,12,14);1H/t6-;/m1./s1. The number of aryl methyl sites for hydroxylation is 1. The number of hydrogen-bond acceptors (Lipinski definition) is 2. The van der Waals surface area contributed by atoms with Crippen molar-refractivity contribution < 1.29 is 4.79 Å². The van der Waals surface area contributed by atoms with Gasteiger partial charge in [-0.05, 0) is 28.9 Å². The van der Waals surface area contributed by atoms with Gasteiger partial charge >= 0.3 is 0 Å². The number of hydrogen-bond donors (Lipinski definition) is 2. The van der Waals surface area contributed by atoms with E-state index in [4.69, 9.17) is 5.73 Å². The van der Waals surface area contributed by atoms with Crippen LogP contribution in [-0.2, 0) is 18.4 Å². The van der Waals surface area contributed by atoms with Crippen LogP contribution in [0.5, 0.6) is 0 Å². The van der Waals surface area contributed by atoms with Crippen molar-refractivity contribution in [2.45, 2.75) is 19.5 Å². The fraction of sp³-hybridized carbons (Fsp3) is 0.444. The Morgan fingerprint density at radius 1 is 1.73 bits per heavy atom. The molecule has 1 rings (SSSR count). The first kappa shape index (κ1) is 14.5. The maximum atomic E-state index is 11.2. The molecule has 0 aromatic carbocycles. The predicted molar refractivity (Wildman–Crippen MR) is 65.9 cm³/mol. The molecule has 0 aliphatic rings. The Bertz CT molecular complexity index is 338. The Labute approximate surface area is 104 Å². The topological polar surface area (TPSA) is 60.1 Å². The molecule has 0 saturated carbocycles. The molecule has 4 nitrogen and oxygen atoms in total. The summed E-state index contributed by atoms with van der Waals surface area (Å²) in [7, 11) is 1.93. The summed E-state index contributed by atoms with van der Waals surface area (Å²) in [5, 5.41) is 2.75. The lowest BCUT2D eigenvalue weighted by atomic mass is 10.3. The van der Waals surface area contributed by atoms with Gasteiger partial charge in [0.25, 0.3) is 0 Å². The van der Waals surface area contributed by atoms with Gasteiger partial charge < -0.3 is 15.6 Å². The maximum Gasteiger partial charge on any atom is 0.236 e. The number of aromatic nitrogens is 1. The first-order chi connectivity index (χ1) is 6.50. The second-order valence-electron chi connectivity index (χ2n) is 3.27. The number of nitrogens with zero attached hydrogens (tertiary/aromatic N) is 1. The lowest BCUT2D eigenvalue weighted by Crippen LogP contribution is -2.38. The van der Waals surface area contributed by atoms with Crippen LogP contribution in [0.3, 0.4) is 0 Å². The first-order valence-corrected chi connectivity index (χ1v) is 5.14. The molecule has 3 N–H and O–H groups in total. The molecule has 6 heteroatoms. The average molecular weight is 297 g/mol. The number of rotatable bonds is 3. The zero-order valence-electron chi connectivity index (χ0n) is 8.66. The van der Waals surface area contributed by atoms with E-state index in [2.05, 4.69) is 21.2 Å². The number of nitrogens with one attached hydrogen (secondary N) is 1. The lowest BCUT2D eigenvalue weighted by Gasteiger charge is -2.07. The highest BCUT2D eigenvalue weighted by atomic mass is 79.9. The van der Waals surface area contributed by atoms with Crippen LogP contribution < -0.4 is 11.1 Å². The number of carbonyl (C=O) groups is 1. The summed E-state index contributed by atoms with van der Waals surface area (Å²) >= 11 is 3.36. The van der Waals surface area contributed by atoms with E-state index in [-0.39, 0.29) is 18.3 Å². The van der Waals surface area contributed by atoms with Crippen LogP contribution in [0.25, 0.3) is 0 Å². The SMILES string of the molecule is C[C@@H](N)C(=O)NCc1cc(Br)cn1C.Cl. The van der Waals surface area contributed by atoms with Crippen molar-refractivity contribution in [1.82, 2.24) is 9.88 Å². The summed E-state index contributed by atoms with van der Waals surface area (Å²) in [6.45, 7) is 2.17. The highest BCUT2D eigenvalue weighted by Crippen LogP contribution is 2.13. The van der Waals surface area contributed by atoms with Crippen molar-refractivity contribution >= 4 is 34.2 Å². The zero-order valence-corrected chi connectivity index (χ0v) is 11.1. The molecule has 0 aliphatic heterocycles. The summed E-state index contributed by atoms with van der Waals surface area (Å²) in [4.78, 5) is 11.2. The van der Waals surface area contributed by atoms with Gasteiger partial charge in [-0.3, -0.25) is 4.79 Å². The third-order valence-electron chi connectivity index (χ3n) is 1.93. The second kappa shape index (κ2) is 6.15. The third-order valence-corrected chi connectivity index (χ3v) is 2.37. The minimum Gasteiger partial charge on any atom is -0.352 e. The third kappa shape index (κ3) is 4.24. The minimum atomic E-state index is -0.460. The molecule has 0 fully saturated rings. The highest BCUT2D eigenvalue weighted by molar-refractivity contribution is 9.10. The van der Waals surface area contributed by atoms with E-state index in [1.165, 1.54) is 0 Å². The van der Waals surface area contributed by atoms with E-state index in [1.807, 2.05) is 23.9 Å². The van der Waals surface area contributed by atoms with Gasteiger partial charge in [0.15, 0.2) is 0 Å². The summed E-state index contributed by atoms with van der Waals surface area (Å²) in [5.74, 6) is -0.137. The molecule has 1 aromatic rings. The van der Waals surface area contributed by atoms with Crippen molar-refractivity contribution in [2.24, 2.45) is 12.8 Å². The van der Waals surface area contributed by atoms with Gasteiger partial charge in [-0.2, -0.15) is 0 Å². The molecular weight excluding hydrogens is 281 g/mol. The van der Waals surface area contributed by atoms with Gasteiger partial charge in [0.05, 0.1) is 12.6 Å². The van der Waals surface area contributed by atoms with Crippen LogP contribution in [0.1, 0.15) is 12.6 Å². The lowest BCUT2D eigenvalue weighted by molar-refractivity contribution is -0.122. The molecule has 1 atom stereocenters. The van der Waals surface area contributed by atoms with Crippen LogP contribution in [0.2, 0.25) is 0 Å². The summed E-state index contributed by atoms with van der Waals surface area (Å²) < 4.78 is 2.95. The molecular formula is C9H15BrClN3O. The summed E-state index contributed by atoms with van der Waals surface area (Å²) in [6, 6.07) is 1.50. The van der Waals surface area contributed by atoms with E-state index < -0.39 is 6.04 Å². The van der Waals surface area contributed by atoms with Gasteiger partial charge in [-0.1, -0.05) is 0 Å². The maximum absolute atomic E-state index is 11.2. The van der Waals surface area contributed by atoms with Crippen LogP contribution in [0, 0.1) is 0 Å². The molecule has 0 radical (unpaired) electrons. The van der Waals surface area contributed by atoms with Crippen molar-refractivity contribution in [2.75, 3.05) is 0 Å². The highest BCUT2D eigenvalue weighted by Gasteiger charge is 2.07. The Morgan fingerprint density at radius 3 is 2.73 bits per heavy atom. The van der Waals surface area contributed by atoms with Gasteiger partial charge in [0.2, 0.25) is 5.91 Å². The molecule has 0 saturated heterocycles. The monoisotopic (exact) mass is 295 g/mol. The van der Waals surface area contributed by atoms with Crippen molar-refractivity contribution in [1.29, 1.82) is 0 Å². The number of amides is 1. The van der Waals surface area contributed by atoms with Crippen LogP contribution in [-0.4, -0.2) is 16.5 Å². The Kier molecular flexibility index (Phi) is 5.93. The average Bonchev–Trinajstić information content (AvgIpc) is 2.40. The normalized spacial score (nSPS) is 11.7. The first-order valence-electron chi connectivity index (χ1n) is 4.34. The van der Waals surface area contributed by atoms with E-state index in [0.29, 0.717) is 6.54 Å². The van der Waals surface area contributed by atoms with Gasteiger partial charge in [-0.25, -0.2) is 0 Å². The minimum absolute atomic E-state index is 0. The smallest absolute Gasteiger partial charge is 0.236 e. The summed E-state index contributed by atoms with van der Waals surface area (Å²) in [6.07, 6.45) is 1.94. The number of halogens is 2. The van der Waals surface area contributed by atoms with E-state index in [9.17, 15) is 4.79 Å². The molecule has 1 heterocycles.